The molecule has 10 N–H and O–H groups in total. The van der Waals surface area contributed by atoms with Crippen LogP contribution in [0.15, 0.2) is 12.7 Å². The van der Waals surface area contributed by atoms with Crippen molar-refractivity contribution in [1.29, 1.82) is 0 Å². The van der Waals surface area contributed by atoms with Crippen LogP contribution in [0.5, 0.6) is 0 Å². The third-order valence-electron chi connectivity index (χ3n) is 10.00. The number of carbonyl (C=O) groups is 3. The fourth-order valence-electron chi connectivity index (χ4n) is 6.48. The Hall–Kier alpha value is -2.44. The number of nitrogens with one attached hydrogen (secondary N) is 2. The van der Waals surface area contributed by atoms with Gasteiger partial charge in [0, 0.05) is 37.1 Å². The van der Waals surface area contributed by atoms with Crippen molar-refractivity contribution in [3.05, 3.63) is 12.7 Å². The van der Waals surface area contributed by atoms with E-state index in [0.717, 1.165) is 48.2 Å². The Bertz CT molecular complexity index is 1940. The molecular formula is C36H64N7O17P3S. The van der Waals surface area contributed by atoms with Crippen LogP contribution in [0, 0.1) is 5.41 Å². The Morgan fingerprint density at radius 1 is 0.891 bits per heavy atom. The maximum atomic E-state index is 12.7. The molecule has 3 heterocycles. The van der Waals surface area contributed by atoms with E-state index in [1.54, 1.807) is 0 Å². The van der Waals surface area contributed by atoms with Crippen LogP contribution < -0.4 is 16.4 Å². The highest BCUT2D eigenvalue weighted by Crippen LogP contribution is 2.61. The van der Waals surface area contributed by atoms with Gasteiger partial charge >= 0.3 is 23.5 Å². The van der Waals surface area contributed by atoms with Crippen LogP contribution in [0.3, 0.4) is 0 Å². The van der Waals surface area contributed by atoms with Crippen molar-refractivity contribution < 1.29 is 80.5 Å². The van der Waals surface area contributed by atoms with Crippen LogP contribution in [0.1, 0.15) is 117 Å². The second-order valence-electron chi connectivity index (χ2n) is 15.9. The van der Waals surface area contributed by atoms with E-state index < -0.39 is 84.6 Å². The average molecular weight is 992 g/mol. The molecule has 0 saturated carbocycles. The molecular weight excluding hydrogens is 927 g/mol. The number of aromatic nitrogens is 4. The van der Waals surface area contributed by atoms with Crippen LogP contribution >= 0.6 is 35.2 Å². The zero-order chi connectivity index (χ0) is 47.6. The lowest BCUT2D eigenvalue weighted by Crippen LogP contribution is -2.46. The molecule has 2 aromatic rings. The summed E-state index contributed by atoms with van der Waals surface area (Å²) in [7, 11) is -16.4. The number of nitrogens with two attached hydrogens (primary N) is 1. The second kappa shape index (κ2) is 26.8. The fourth-order valence-corrected chi connectivity index (χ4v) is 10.0. The molecule has 0 radical (unpaired) electrons. The van der Waals surface area contributed by atoms with E-state index in [1.165, 1.54) is 71.6 Å². The van der Waals surface area contributed by atoms with Crippen LogP contribution in [0.25, 0.3) is 11.2 Å². The highest BCUT2D eigenvalue weighted by atomic mass is 32.2. The number of carbonyl (C=O) groups excluding carboxylic acids is 3. The highest BCUT2D eigenvalue weighted by Gasteiger charge is 2.50. The van der Waals surface area contributed by atoms with Gasteiger partial charge in [0.1, 0.15) is 36.3 Å². The number of amides is 2. The van der Waals surface area contributed by atoms with Crippen molar-refractivity contribution in [2.24, 2.45) is 5.41 Å². The van der Waals surface area contributed by atoms with Crippen LogP contribution in [-0.4, -0.2) is 123 Å². The molecule has 3 rings (SSSR count). The number of aliphatic hydroxyl groups is 2. The van der Waals surface area contributed by atoms with E-state index in [-0.39, 0.29) is 41.6 Å². The maximum Gasteiger partial charge on any atom is 0.481 e. The predicted molar refractivity (Wildman–Crippen MR) is 233 cm³/mol. The molecule has 2 aromatic heterocycles. The van der Waals surface area contributed by atoms with Gasteiger partial charge in [-0.2, -0.15) is 4.31 Å². The molecule has 1 fully saturated rings. The Balaban J connectivity index is 1.34. The summed E-state index contributed by atoms with van der Waals surface area (Å²) in [5, 5.41) is 26.6. The molecule has 0 bridgehead atoms. The number of ether oxygens (including phenoxy) is 1. The predicted octanol–water partition coefficient (Wildman–Crippen LogP) is 3.76. The molecule has 366 valence electrons. The first-order chi connectivity index (χ1) is 30.1. The first-order valence-electron chi connectivity index (χ1n) is 21.1. The number of thioether (sulfide) groups is 1. The van der Waals surface area contributed by atoms with Crippen LogP contribution in [0.2, 0.25) is 0 Å². The minimum atomic E-state index is -5.57. The Labute approximate surface area is 376 Å². The summed E-state index contributed by atoms with van der Waals surface area (Å²) < 4.78 is 62.4. The van der Waals surface area contributed by atoms with E-state index in [4.69, 9.17) is 19.5 Å². The number of hydrogen-bond acceptors (Lipinski definition) is 18. The number of nitrogens with zero attached hydrogens (tertiary/aromatic N) is 4. The number of imidazole rings is 1. The first kappa shape index (κ1) is 55.9. The summed E-state index contributed by atoms with van der Waals surface area (Å²) >= 11 is 1.15. The standard InChI is InChI=1S/C36H64N7O17P3S/c1-4-5-6-7-8-9-10-11-12-13-14-15-16-27(45)64-20-19-38-26(44)17-18-39-34(48)31(47)36(2,3)22-57-63(54,55)60-62(52,53)56-21-25-30(59-61(49,50)51)29(46)35(58-25)43-24-42-28-32(37)40-23-41-33(28)43/h23-25,29-31,35,46-47H,4-22H2,1-3H3,(H,38,44)(H,39,48)(H,52,53)(H,54,55)(H2,37,40,41)(H2,49,50,51)/t25-,29-,30-,31+,35-/m0/s1. The minimum Gasteiger partial charge on any atom is -0.386 e. The van der Waals surface area contributed by atoms with E-state index in [2.05, 4.69) is 41.3 Å². The number of anilines is 1. The normalized spacial score (nSPS) is 20.5. The SMILES string of the molecule is CCCCCCCCCCCCCCC(=O)SCCNC(=O)CCNC(=O)[C@@H](O)C(C)(C)COP(=O)(O)OP(=O)(O)OC[C@@H]1O[C@H](n2cnc3c(N)ncnc32)[C@@H](O)[C@H]1OP(=O)(O)O. The Morgan fingerprint density at radius 3 is 2.12 bits per heavy atom. The van der Waals surface area contributed by atoms with E-state index in [0.29, 0.717) is 12.2 Å². The number of aliphatic hydroxyl groups excluding tert-OH is 2. The number of phosphoric ester groups is 3. The number of nitrogen functional groups attached to an aromatic ring is 1. The smallest absolute Gasteiger partial charge is 0.386 e. The van der Waals surface area contributed by atoms with E-state index in [1.807, 2.05) is 0 Å². The molecule has 24 nitrogen and oxygen atoms in total. The zero-order valence-corrected chi connectivity index (χ0v) is 39.8. The van der Waals surface area contributed by atoms with Crippen molar-refractivity contribution in [3.63, 3.8) is 0 Å². The topological polar surface area (TPSA) is 364 Å². The van der Waals surface area contributed by atoms with Crippen molar-refractivity contribution >= 4 is 69.1 Å². The molecule has 1 saturated heterocycles. The molecule has 1 aliphatic heterocycles. The molecule has 0 aliphatic carbocycles. The van der Waals surface area contributed by atoms with Gasteiger partial charge in [-0.15, -0.1) is 0 Å². The van der Waals surface area contributed by atoms with E-state index >= 15 is 0 Å². The van der Waals surface area contributed by atoms with Crippen LogP contribution in [-0.2, 0) is 50.7 Å². The van der Waals surface area contributed by atoms with Gasteiger partial charge in [-0.05, 0) is 6.42 Å². The number of hydrogen-bond donors (Lipinski definition) is 9. The molecule has 1 aliphatic rings. The van der Waals surface area contributed by atoms with Crippen LogP contribution in [0.4, 0.5) is 5.82 Å². The average Bonchev–Trinajstić information content (AvgIpc) is 3.78. The molecule has 2 amide bonds. The molecule has 28 heteroatoms. The van der Waals surface area contributed by atoms with Gasteiger partial charge in [-0.1, -0.05) is 103 Å². The minimum absolute atomic E-state index is 0.0336. The monoisotopic (exact) mass is 991 g/mol. The lowest BCUT2D eigenvalue weighted by atomic mass is 9.87. The fraction of sp³-hybridized carbons (Fsp3) is 0.778. The van der Waals surface area contributed by atoms with Gasteiger partial charge < -0.3 is 50.9 Å². The molecule has 64 heavy (non-hydrogen) atoms. The van der Waals surface area contributed by atoms with Gasteiger partial charge in [0.15, 0.2) is 22.8 Å². The van der Waals surface area contributed by atoms with Gasteiger partial charge in [0.05, 0.1) is 19.5 Å². The second-order valence-corrected chi connectivity index (χ2v) is 21.3. The summed E-state index contributed by atoms with van der Waals surface area (Å²) in [4.78, 5) is 88.2. The lowest BCUT2D eigenvalue weighted by Gasteiger charge is -2.30. The number of unbranched alkanes of at least 4 members (excludes halogenated alkanes) is 11. The number of phosphoric acid groups is 3. The summed E-state index contributed by atoms with van der Waals surface area (Å²) in [6.45, 7) is 2.80. The van der Waals surface area contributed by atoms with Gasteiger partial charge in [0.2, 0.25) is 11.8 Å². The molecule has 2 unspecified atom stereocenters. The summed E-state index contributed by atoms with van der Waals surface area (Å²) in [5.41, 5.74) is 4.29. The summed E-state index contributed by atoms with van der Waals surface area (Å²) in [5.74, 6) is -1.02. The Morgan fingerprint density at radius 2 is 1.50 bits per heavy atom. The van der Waals surface area contributed by atoms with Crippen molar-refractivity contribution in [2.75, 3.05) is 37.8 Å². The Kier molecular flexibility index (Phi) is 23.4. The third-order valence-corrected chi connectivity index (χ3v) is 14.0. The molecule has 0 aromatic carbocycles. The maximum absolute atomic E-state index is 12.7. The van der Waals surface area contributed by atoms with Gasteiger partial charge in [-0.25, -0.2) is 28.6 Å². The summed E-state index contributed by atoms with van der Waals surface area (Å²) in [6, 6.07) is 0. The quantitative estimate of drug-likeness (QED) is 0.0372. The van der Waals surface area contributed by atoms with Crippen molar-refractivity contribution in [3.8, 4) is 0 Å². The number of fused-ring (bicyclic) bond motifs is 1. The molecule has 7 atom stereocenters. The number of rotatable bonds is 32. The summed E-state index contributed by atoms with van der Waals surface area (Å²) in [6.07, 6.45) is 8.13. The van der Waals surface area contributed by atoms with Crippen molar-refractivity contribution in [1.82, 2.24) is 30.2 Å². The van der Waals surface area contributed by atoms with E-state index in [9.17, 15) is 57.9 Å². The van der Waals surface area contributed by atoms with Gasteiger partial charge in [-0.3, -0.25) is 32.5 Å². The zero-order valence-electron chi connectivity index (χ0n) is 36.3. The van der Waals surface area contributed by atoms with Gasteiger partial charge in [0.25, 0.3) is 0 Å². The van der Waals surface area contributed by atoms with Crippen molar-refractivity contribution in [2.45, 2.75) is 141 Å². The third kappa shape index (κ3) is 19.8. The highest BCUT2D eigenvalue weighted by molar-refractivity contribution is 8.13. The first-order valence-corrected chi connectivity index (χ1v) is 26.6. The largest absolute Gasteiger partial charge is 0.481 e. The molecule has 0 spiro atoms. The lowest BCUT2D eigenvalue weighted by molar-refractivity contribution is -0.137.